The average Bonchev–Trinajstić information content (AvgIpc) is 3.17. The van der Waals surface area contributed by atoms with E-state index in [0.29, 0.717) is 29.6 Å². The molecule has 0 saturated heterocycles. The molecule has 3 rings (SSSR count). The lowest BCUT2D eigenvalue weighted by Crippen LogP contribution is -2.27. The summed E-state index contributed by atoms with van der Waals surface area (Å²) in [6.45, 7) is 2.33. The Morgan fingerprint density at radius 3 is 2.63 bits per heavy atom. The summed E-state index contributed by atoms with van der Waals surface area (Å²) < 4.78 is 11.4. The zero-order valence-corrected chi connectivity index (χ0v) is 16.2. The van der Waals surface area contributed by atoms with Gasteiger partial charge >= 0.3 is 0 Å². The third-order valence-corrected chi connectivity index (χ3v) is 4.69. The lowest BCUT2D eigenvalue weighted by atomic mass is 10.2. The Morgan fingerprint density at radius 2 is 2.00 bits per heavy atom. The van der Waals surface area contributed by atoms with Crippen LogP contribution in [0, 0.1) is 6.92 Å². The molecule has 27 heavy (non-hydrogen) atoms. The van der Waals surface area contributed by atoms with Gasteiger partial charge in [0.2, 0.25) is 5.88 Å². The van der Waals surface area contributed by atoms with Crippen molar-refractivity contribution >= 4 is 17.6 Å². The lowest BCUT2D eigenvalue weighted by molar-refractivity contribution is 0.302. The Morgan fingerprint density at radius 1 is 1.22 bits per heavy atom. The van der Waals surface area contributed by atoms with Gasteiger partial charge < -0.3 is 19.3 Å². The van der Waals surface area contributed by atoms with Crippen LogP contribution in [-0.2, 0) is 6.54 Å². The first-order valence-corrected chi connectivity index (χ1v) is 9.58. The second-order valence-corrected chi connectivity index (χ2v) is 6.82. The van der Waals surface area contributed by atoms with E-state index in [4.69, 9.17) is 9.15 Å². The topological polar surface area (TPSA) is 71.1 Å². The van der Waals surface area contributed by atoms with Crippen molar-refractivity contribution in [3.8, 4) is 11.6 Å². The number of aromatic nitrogens is 1. The van der Waals surface area contributed by atoms with Crippen molar-refractivity contribution < 1.29 is 14.4 Å². The third-order valence-electron chi connectivity index (χ3n) is 3.94. The maximum atomic E-state index is 9.64. The van der Waals surface area contributed by atoms with Crippen LogP contribution in [0.2, 0.25) is 0 Å². The second kappa shape index (κ2) is 8.64. The molecule has 0 unspecified atom stereocenters. The number of ether oxygens (including phenoxy) is 1. The summed E-state index contributed by atoms with van der Waals surface area (Å²) in [6.07, 6.45) is 3.63. The SMILES string of the molecule is CSc1ccc(Oc2nc(C)ccc2/C(=N/O)N(C)Cc2ccco2)cc1. The number of hydrogen-bond acceptors (Lipinski definition) is 6. The number of thioether (sulfide) groups is 1. The number of aryl methyl sites for hydroxylation is 1. The van der Waals surface area contributed by atoms with Gasteiger partial charge in [-0.05, 0) is 61.7 Å². The van der Waals surface area contributed by atoms with Crippen LogP contribution in [0.1, 0.15) is 17.0 Å². The van der Waals surface area contributed by atoms with Crippen LogP contribution in [0.15, 0.2) is 69.3 Å². The van der Waals surface area contributed by atoms with Crippen LogP contribution in [0.4, 0.5) is 0 Å². The maximum Gasteiger partial charge on any atom is 0.230 e. The predicted molar refractivity (Wildman–Crippen MR) is 106 cm³/mol. The van der Waals surface area contributed by atoms with Crippen molar-refractivity contribution in [3.63, 3.8) is 0 Å². The van der Waals surface area contributed by atoms with E-state index >= 15 is 0 Å². The molecule has 0 fully saturated rings. The van der Waals surface area contributed by atoms with Crippen molar-refractivity contribution in [3.05, 3.63) is 71.8 Å². The van der Waals surface area contributed by atoms with E-state index in [1.54, 1.807) is 22.9 Å². The molecule has 3 aromatic rings. The van der Waals surface area contributed by atoms with Crippen molar-refractivity contribution in [2.24, 2.45) is 5.16 Å². The predicted octanol–water partition coefficient (Wildman–Crippen LogP) is 4.77. The van der Waals surface area contributed by atoms with E-state index in [0.717, 1.165) is 16.3 Å². The summed E-state index contributed by atoms with van der Waals surface area (Å²) in [5, 5.41) is 13.1. The van der Waals surface area contributed by atoms with E-state index in [1.807, 2.05) is 68.8 Å². The maximum absolute atomic E-state index is 9.64. The Labute approximate surface area is 162 Å². The van der Waals surface area contributed by atoms with Crippen LogP contribution < -0.4 is 4.74 Å². The minimum Gasteiger partial charge on any atom is -0.467 e. The first-order valence-electron chi connectivity index (χ1n) is 8.36. The van der Waals surface area contributed by atoms with Gasteiger partial charge in [0, 0.05) is 17.6 Å². The lowest BCUT2D eigenvalue weighted by Gasteiger charge is -2.20. The van der Waals surface area contributed by atoms with E-state index in [-0.39, 0.29) is 0 Å². The number of pyridine rings is 1. The highest BCUT2D eigenvalue weighted by Crippen LogP contribution is 2.27. The molecule has 6 nitrogen and oxygen atoms in total. The van der Waals surface area contributed by atoms with E-state index in [2.05, 4.69) is 10.1 Å². The van der Waals surface area contributed by atoms with Crippen LogP contribution in [0.5, 0.6) is 11.6 Å². The van der Waals surface area contributed by atoms with E-state index in [1.165, 1.54) is 0 Å². The van der Waals surface area contributed by atoms with E-state index < -0.39 is 0 Å². The zero-order valence-electron chi connectivity index (χ0n) is 15.4. The summed E-state index contributed by atoms with van der Waals surface area (Å²) in [7, 11) is 1.81. The van der Waals surface area contributed by atoms with Crippen molar-refractivity contribution in [1.29, 1.82) is 0 Å². The van der Waals surface area contributed by atoms with E-state index in [9.17, 15) is 5.21 Å². The fourth-order valence-electron chi connectivity index (χ4n) is 2.58. The molecule has 0 bridgehead atoms. The van der Waals surface area contributed by atoms with Gasteiger partial charge in [0.15, 0.2) is 5.84 Å². The van der Waals surface area contributed by atoms with Gasteiger partial charge in [-0.25, -0.2) is 4.98 Å². The van der Waals surface area contributed by atoms with Crippen LogP contribution in [0.25, 0.3) is 0 Å². The Kier molecular flexibility index (Phi) is 6.03. The molecule has 0 aliphatic carbocycles. The molecule has 2 aromatic heterocycles. The molecule has 140 valence electrons. The number of nitrogens with zero attached hydrogens (tertiary/aromatic N) is 3. The minimum atomic E-state index is 0.342. The first kappa shape index (κ1) is 18.8. The van der Waals surface area contributed by atoms with Gasteiger partial charge in [-0.2, -0.15) is 0 Å². The number of hydrogen-bond donors (Lipinski definition) is 1. The Balaban J connectivity index is 1.89. The molecule has 0 aliphatic rings. The minimum absolute atomic E-state index is 0.342. The zero-order chi connectivity index (χ0) is 19.2. The smallest absolute Gasteiger partial charge is 0.230 e. The summed E-state index contributed by atoms with van der Waals surface area (Å²) in [5.41, 5.74) is 1.39. The Bertz CT molecular complexity index is 909. The average molecular weight is 383 g/mol. The summed E-state index contributed by atoms with van der Waals surface area (Å²) >= 11 is 1.66. The summed E-state index contributed by atoms with van der Waals surface area (Å²) in [6, 6.07) is 15.1. The first-order chi connectivity index (χ1) is 13.1. The number of amidine groups is 1. The standard InChI is InChI=1S/C20H21N3O3S/c1-14-6-11-18(19(22-24)23(2)13-16-5-4-12-25-16)20(21-14)26-15-7-9-17(27-3)10-8-15/h4-12,24H,13H2,1-3H3/b22-19-. The number of oxime groups is 1. The largest absolute Gasteiger partial charge is 0.467 e. The summed E-state index contributed by atoms with van der Waals surface area (Å²) in [5.74, 6) is 2.15. The van der Waals surface area contributed by atoms with Crippen LogP contribution in [-0.4, -0.2) is 34.2 Å². The van der Waals surface area contributed by atoms with Crippen LogP contribution in [0.3, 0.4) is 0 Å². The molecular weight excluding hydrogens is 362 g/mol. The molecule has 0 saturated carbocycles. The van der Waals surface area contributed by atoms with Gasteiger partial charge in [-0.15, -0.1) is 11.8 Å². The van der Waals surface area contributed by atoms with Gasteiger partial charge in [0.1, 0.15) is 11.5 Å². The van der Waals surface area contributed by atoms with Gasteiger partial charge in [0.05, 0.1) is 18.4 Å². The summed E-state index contributed by atoms with van der Waals surface area (Å²) in [4.78, 5) is 7.41. The highest BCUT2D eigenvalue weighted by molar-refractivity contribution is 7.98. The van der Waals surface area contributed by atoms with Crippen molar-refractivity contribution in [2.45, 2.75) is 18.4 Å². The third kappa shape index (κ3) is 4.62. The molecule has 2 heterocycles. The Hall–Kier alpha value is -2.93. The molecule has 1 aromatic carbocycles. The molecular formula is C20H21N3O3S. The van der Waals surface area contributed by atoms with Gasteiger partial charge in [0.25, 0.3) is 0 Å². The van der Waals surface area contributed by atoms with Crippen molar-refractivity contribution in [2.75, 3.05) is 13.3 Å². The number of benzene rings is 1. The monoisotopic (exact) mass is 383 g/mol. The van der Waals surface area contributed by atoms with Gasteiger partial charge in [-0.3, -0.25) is 0 Å². The molecule has 1 N–H and O–H groups in total. The van der Waals surface area contributed by atoms with Crippen LogP contribution >= 0.6 is 11.8 Å². The number of rotatable bonds is 6. The fourth-order valence-corrected chi connectivity index (χ4v) is 2.99. The van der Waals surface area contributed by atoms with Gasteiger partial charge in [-0.1, -0.05) is 5.16 Å². The number of furan rings is 1. The second-order valence-electron chi connectivity index (χ2n) is 5.94. The van der Waals surface area contributed by atoms with Crippen molar-refractivity contribution in [1.82, 2.24) is 9.88 Å². The highest BCUT2D eigenvalue weighted by Gasteiger charge is 2.19. The molecule has 0 aliphatic heterocycles. The molecule has 0 atom stereocenters. The fraction of sp³-hybridized carbons (Fsp3) is 0.200. The molecule has 0 radical (unpaired) electrons. The normalized spacial score (nSPS) is 11.4. The molecule has 0 amide bonds. The quantitative estimate of drug-likeness (QED) is 0.217. The molecule has 0 spiro atoms. The highest BCUT2D eigenvalue weighted by atomic mass is 32.2. The molecule has 7 heteroatoms.